The fraction of sp³-hybridized carbons (Fsp3) is 0.750. The first-order chi connectivity index (χ1) is 7.47. The zero-order chi connectivity index (χ0) is 12.2. The smallest absolute Gasteiger partial charge is 0.0982 e. The summed E-state index contributed by atoms with van der Waals surface area (Å²) in [6, 6.07) is 0.180. The normalized spacial score (nSPS) is 14.1. The van der Waals surface area contributed by atoms with Gasteiger partial charge in [0.05, 0.1) is 17.3 Å². The van der Waals surface area contributed by atoms with Crippen LogP contribution in [0.25, 0.3) is 0 Å². The maximum Gasteiger partial charge on any atom is 0.0982 e. The largest absolute Gasteiger partial charge is 0.395 e. The van der Waals surface area contributed by atoms with Gasteiger partial charge in [-0.3, -0.25) is 0 Å². The Bertz CT molecular complexity index is 313. The lowest BCUT2D eigenvalue weighted by atomic mass is 9.98. The van der Waals surface area contributed by atoms with E-state index in [0.717, 1.165) is 18.7 Å². The van der Waals surface area contributed by atoms with Crippen LogP contribution in [-0.4, -0.2) is 22.7 Å². The van der Waals surface area contributed by atoms with Crippen molar-refractivity contribution in [2.24, 2.45) is 0 Å². The van der Waals surface area contributed by atoms with Crippen LogP contribution >= 0.6 is 11.3 Å². The zero-order valence-electron chi connectivity index (χ0n) is 10.6. The molecule has 0 amide bonds. The van der Waals surface area contributed by atoms with Gasteiger partial charge < -0.3 is 10.4 Å². The van der Waals surface area contributed by atoms with Crippen LogP contribution < -0.4 is 5.32 Å². The molecule has 0 aliphatic rings. The molecular weight excluding hydrogens is 220 g/mol. The summed E-state index contributed by atoms with van der Waals surface area (Å²) in [6.07, 6.45) is 0.937. The quantitative estimate of drug-likeness (QED) is 0.833. The van der Waals surface area contributed by atoms with E-state index in [0.29, 0.717) is 0 Å². The lowest BCUT2D eigenvalue weighted by Gasteiger charge is -2.14. The van der Waals surface area contributed by atoms with E-state index in [1.807, 2.05) is 0 Å². The first-order valence-electron chi connectivity index (χ1n) is 5.76. The highest BCUT2D eigenvalue weighted by Crippen LogP contribution is 2.25. The molecule has 0 radical (unpaired) electrons. The van der Waals surface area contributed by atoms with Crippen molar-refractivity contribution in [3.8, 4) is 0 Å². The van der Waals surface area contributed by atoms with E-state index in [4.69, 9.17) is 5.11 Å². The van der Waals surface area contributed by atoms with Gasteiger partial charge in [-0.1, -0.05) is 27.7 Å². The summed E-state index contributed by atoms with van der Waals surface area (Å²) in [5.74, 6) is 0. The molecule has 2 N–H and O–H groups in total. The third-order valence-electron chi connectivity index (χ3n) is 2.48. The highest BCUT2D eigenvalue weighted by Gasteiger charge is 2.17. The molecular formula is C12H22N2OS. The number of nitrogens with zero attached hydrogens (tertiary/aromatic N) is 1. The lowest BCUT2D eigenvalue weighted by Crippen LogP contribution is -2.31. The predicted molar refractivity (Wildman–Crippen MR) is 68.8 cm³/mol. The van der Waals surface area contributed by atoms with Crippen LogP contribution in [0.2, 0.25) is 0 Å². The molecule has 0 fully saturated rings. The van der Waals surface area contributed by atoms with E-state index in [-0.39, 0.29) is 18.1 Å². The van der Waals surface area contributed by atoms with E-state index < -0.39 is 0 Å². The number of aliphatic hydroxyl groups excluding tert-OH is 1. The topological polar surface area (TPSA) is 45.1 Å². The number of aromatic nitrogens is 1. The highest BCUT2D eigenvalue weighted by atomic mass is 32.1. The predicted octanol–water partition coefficient (Wildman–Crippen LogP) is 2.30. The standard InChI is InChI=1S/C12H22N2OS/c1-5-9(7-15)13-6-10-8-16-11(14-10)12(2,3)4/h8-9,13,15H,5-7H2,1-4H3/t9-/m1/s1. The maximum absolute atomic E-state index is 9.06. The molecule has 0 saturated heterocycles. The minimum absolute atomic E-state index is 0.129. The van der Waals surface area contributed by atoms with Crippen molar-refractivity contribution in [2.45, 2.75) is 52.1 Å². The Kier molecular flexibility index (Phi) is 4.89. The van der Waals surface area contributed by atoms with Crippen molar-refractivity contribution in [2.75, 3.05) is 6.61 Å². The molecule has 4 heteroatoms. The van der Waals surface area contributed by atoms with Crippen LogP contribution in [0.15, 0.2) is 5.38 Å². The van der Waals surface area contributed by atoms with Crippen molar-refractivity contribution in [3.05, 3.63) is 16.1 Å². The molecule has 1 aromatic heterocycles. The van der Waals surface area contributed by atoms with Gasteiger partial charge in [0.25, 0.3) is 0 Å². The summed E-state index contributed by atoms with van der Waals surface area (Å²) < 4.78 is 0. The van der Waals surface area contributed by atoms with E-state index in [1.54, 1.807) is 11.3 Å². The molecule has 92 valence electrons. The molecule has 0 unspecified atom stereocenters. The van der Waals surface area contributed by atoms with Gasteiger partial charge in [0.15, 0.2) is 0 Å². The van der Waals surface area contributed by atoms with Gasteiger partial charge in [-0.15, -0.1) is 11.3 Å². The fourth-order valence-corrected chi connectivity index (χ4v) is 2.23. The minimum atomic E-state index is 0.129. The molecule has 0 aromatic carbocycles. The van der Waals surface area contributed by atoms with Gasteiger partial charge in [0, 0.05) is 23.4 Å². The van der Waals surface area contributed by atoms with E-state index >= 15 is 0 Å². The average molecular weight is 242 g/mol. The minimum Gasteiger partial charge on any atom is -0.395 e. The molecule has 1 rings (SSSR count). The Morgan fingerprint density at radius 1 is 1.50 bits per heavy atom. The molecule has 0 saturated carbocycles. The second-order valence-corrected chi connectivity index (χ2v) is 5.92. The Hall–Kier alpha value is -0.450. The molecule has 0 aliphatic carbocycles. The van der Waals surface area contributed by atoms with Crippen LogP contribution in [-0.2, 0) is 12.0 Å². The monoisotopic (exact) mass is 242 g/mol. The summed E-state index contributed by atoms with van der Waals surface area (Å²) in [5.41, 5.74) is 1.20. The van der Waals surface area contributed by atoms with Crippen LogP contribution in [0, 0.1) is 0 Å². The summed E-state index contributed by atoms with van der Waals surface area (Å²) in [6.45, 7) is 9.51. The molecule has 1 aromatic rings. The van der Waals surface area contributed by atoms with Crippen LogP contribution in [0.3, 0.4) is 0 Å². The fourth-order valence-electron chi connectivity index (χ4n) is 1.32. The van der Waals surface area contributed by atoms with Crippen LogP contribution in [0.4, 0.5) is 0 Å². The Morgan fingerprint density at radius 2 is 2.19 bits per heavy atom. The van der Waals surface area contributed by atoms with E-state index in [1.165, 1.54) is 5.01 Å². The van der Waals surface area contributed by atoms with Crippen LogP contribution in [0.5, 0.6) is 0 Å². The molecule has 3 nitrogen and oxygen atoms in total. The van der Waals surface area contributed by atoms with Gasteiger partial charge in [0.1, 0.15) is 0 Å². The molecule has 1 atom stereocenters. The van der Waals surface area contributed by atoms with E-state index in [2.05, 4.69) is 43.4 Å². The number of rotatable bonds is 5. The first-order valence-corrected chi connectivity index (χ1v) is 6.64. The Morgan fingerprint density at radius 3 is 2.62 bits per heavy atom. The second kappa shape index (κ2) is 5.75. The molecule has 16 heavy (non-hydrogen) atoms. The summed E-state index contributed by atoms with van der Waals surface area (Å²) in [4.78, 5) is 4.60. The van der Waals surface area contributed by atoms with Gasteiger partial charge in [-0.05, 0) is 6.42 Å². The second-order valence-electron chi connectivity index (χ2n) is 5.06. The van der Waals surface area contributed by atoms with Gasteiger partial charge in [-0.2, -0.15) is 0 Å². The summed E-state index contributed by atoms with van der Waals surface area (Å²) in [7, 11) is 0. The van der Waals surface area contributed by atoms with Crippen molar-refractivity contribution >= 4 is 11.3 Å². The number of aliphatic hydroxyl groups is 1. The SMILES string of the molecule is CC[C@H](CO)NCc1csc(C(C)(C)C)n1. The zero-order valence-corrected chi connectivity index (χ0v) is 11.4. The van der Waals surface area contributed by atoms with Crippen molar-refractivity contribution in [1.29, 1.82) is 0 Å². The van der Waals surface area contributed by atoms with Crippen molar-refractivity contribution in [1.82, 2.24) is 10.3 Å². The number of hydrogen-bond donors (Lipinski definition) is 2. The molecule has 0 spiro atoms. The lowest BCUT2D eigenvalue weighted by molar-refractivity contribution is 0.238. The van der Waals surface area contributed by atoms with Gasteiger partial charge >= 0.3 is 0 Å². The highest BCUT2D eigenvalue weighted by molar-refractivity contribution is 7.09. The summed E-state index contributed by atoms with van der Waals surface area (Å²) in [5, 5.41) is 15.6. The van der Waals surface area contributed by atoms with Gasteiger partial charge in [0.2, 0.25) is 0 Å². The average Bonchev–Trinajstić information content (AvgIpc) is 2.67. The van der Waals surface area contributed by atoms with Gasteiger partial charge in [-0.25, -0.2) is 4.98 Å². The Balaban J connectivity index is 2.53. The number of thiazole rings is 1. The number of hydrogen-bond acceptors (Lipinski definition) is 4. The molecule has 0 bridgehead atoms. The third kappa shape index (κ3) is 3.85. The Labute approximate surface area is 102 Å². The van der Waals surface area contributed by atoms with E-state index in [9.17, 15) is 0 Å². The van der Waals surface area contributed by atoms with Crippen LogP contribution in [0.1, 0.15) is 44.8 Å². The molecule has 1 heterocycles. The summed E-state index contributed by atoms with van der Waals surface area (Å²) >= 11 is 1.71. The first kappa shape index (κ1) is 13.6. The molecule has 0 aliphatic heterocycles. The van der Waals surface area contributed by atoms with Crippen molar-refractivity contribution in [3.63, 3.8) is 0 Å². The van der Waals surface area contributed by atoms with Crippen molar-refractivity contribution < 1.29 is 5.11 Å². The number of nitrogens with one attached hydrogen (secondary N) is 1. The third-order valence-corrected chi connectivity index (χ3v) is 3.80. The maximum atomic E-state index is 9.06.